The lowest BCUT2D eigenvalue weighted by Crippen LogP contribution is -2.21. The van der Waals surface area contributed by atoms with E-state index in [0.717, 1.165) is 24.2 Å². The van der Waals surface area contributed by atoms with Crippen molar-refractivity contribution < 1.29 is 4.79 Å². The number of halogens is 1. The largest absolute Gasteiger partial charge is 0.303 e. The van der Waals surface area contributed by atoms with Crippen LogP contribution in [0, 0.1) is 5.41 Å². The summed E-state index contributed by atoms with van der Waals surface area (Å²) in [5.74, 6) is 0.323. The maximum absolute atomic E-state index is 11.1. The number of carbonyl (C=O) groups is 1. The van der Waals surface area contributed by atoms with Crippen LogP contribution < -0.4 is 0 Å². The van der Waals surface area contributed by atoms with Crippen LogP contribution in [0.4, 0.5) is 0 Å². The summed E-state index contributed by atoms with van der Waals surface area (Å²) in [7, 11) is 0. The van der Waals surface area contributed by atoms with Crippen LogP contribution in [0.25, 0.3) is 0 Å². The first-order chi connectivity index (χ1) is 7.04. The molecule has 0 fully saturated rings. The minimum absolute atomic E-state index is 0.282. The van der Waals surface area contributed by atoms with Crippen molar-refractivity contribution in [3.63, 3.8) is 0 Å². The van der Waals surface area contributed by atoms with E-state index in [-0.39, 0.29) is 5.41 Å². The first-order valence-corrected chi connectivity index (χ1v) is 5.67. The monoisotopic (exact) mass is 222 g/mol. The summed E-state index contributed by atoms with van der Waals surface area (Å²) in [6.45, 7) is 4.00. The second-order valence-corrected chi connectivity index (χ2v) is 5.31. The lowest BCUT2D eigenvalue weighted by Gasteiger charge is -2.26. The van der Waals surface area contributed by atoms with Gasteiger partial charge in [0.25, 0.3) is 0 Å². The average molecular weight is 223 g/mol. The number of rotatable bonds is 2. The van der Waals surface area contributed by atoms with Crippen LogP contribution >= 0.6 is 11.6 Å². The molecule has 0 bridgehead atoms. The molecule has 0 amide bonds. The molecule has 0 saturated heterocycles. The van der Waals surface area contributed by atoms with Crippen molar-refractivity contribution in [1.29, 1.82) is 0 Å². The van der Waals surface area contributed by atoms with E-state index in [1.54, 1.807) is 0 Å². The lowest BCUT2D eigenvalue weighted by molar-refractivity contribution is -0.115. The zero-order valence-electron chi connectivity index (χ0n) is 9.09. The summed E-state index contributed by atoms with van der Waals surface area (Å²) >= 11 is 5.99. The van der Waals surface area contributed by atoms with E-state index in [9.17, 15) is 4.79 Å². The molecule has 2 heteroatoms. The first kappa shape index (κ1) is 10.7. The zero-order chi connectivity index (χ0) is 11.1. The number of hydrogen-bond acceptors (Lipinski definition) is 1. The summed E-state index contributed by atoms with van der Waals surface area (Å²) in [6, 6.07) is 6.02. The predicted octanol–water partition coefficient (Wildman–Crippen LogP) is 3.59. The third-order valence-corrected chi connectivity index (χ3v) is 3.62. The minimum atomic E-state index is -0.282. The highest BCUT2D eigenvalue weighted by atomic mass is 35.5. The van der Waals surface area contributed by atoms with Crippen molar-refractivity contribution >= 4 is 17.9 Å². The number of carbonyl (C=O) groups excluding carboxylic acids is 1. The van der Waals surface area contributed by atoms with E-state index in [0.29, 0.717) is 5.92 Å². The van der Waals surface area contributed by atoms with Crippen LogP contribution in [-0.4, -0.2) is 6.29 Å². The molecular weight excluding hydrogens is 208 g/mol. The molecule has 0 N–H and O–H groups in total. The Morgan fingerprint density at radius 1 is 1.47 bits per heavy atom. The highest BCUT2D eigenvalue weighted by Crippen LogP contribution is 2.44. The summed E-state index contributed by atoms with van der Waals surface area (Å²) in [5, 5.41) is 0.766. The minimum Gasteiger partial charge on any atom is -0.303 e. The normalized spacial score (nSPS) is 20.1. The Kier molecular flexibility index (Phi) is 2.59. The lowest BCUT2D eigenvalue weighted by atomic mass is 9.77. The fraction of sp³-hybridized carbons (Fsp3) is 0.462. The SMILES string of the molecule is CC(C)(C=O)C1CCc2ccc(Cl)cc21. The van der Waals surface area contributed by atoms with Gasteiger partial charge in [-0.2, -0.15) is 0 Å². The smallest absolute Gasteiger partial charge is 0.126 e. The summed E-state index contributed by atoms with van der Waals surface area (Å²) in [6.07, 6.45) is 3.18. The fourth-order valence-electron chi connectivity index (χ4n) is 2.43. The summed E-state index contributed by atoms with van der Waals surface area (Å²) in [5.41, 5.74) is 2.33. The highest BCUT2D eigenvalue weighted by molar-refractivity contribution is 6.30. The number of fused-ring (bicyclic) bond motifs is 1. The van der Waals surface area contributed by atoms with Crippen LogP contribution in [0.1, 0.15) is 37.3 Å². The van der Waals surface area contributed by atoms with Gasteiger partial charge in [-0.25, -0.2) is 0 Å². The molecule has 0 aromatic heterocycles. The first-order valence-electron chi connectivity index (χ1n) is 5.29. The average Bonchev–Trinajstić information content (AvgIpc) is 2.61. The van der Waals surface area contributed by atoms with E-state index in [2.05, 4.69) is 6.07 Å². The highest BCUT2D eigenvalue weighted by Gasteiger charge is 2.35. The molecule has 1 atom stereocenters. The molecule has 80 valence electrons. The number of aldehydes is 1. The fourth-order valence-corrected chi connectivity index (χ4v) is 2.61. The molecular formula is C13H15ClO. The zero-order valence-corrected chi connectivity index (χ0v) is 9.84. The molecule has 0 heterocycles. The van der Waals surface area contributed by atoms with Crippen molar-refractivity contribution in [1.82, 2.24) is 0 Å². The standard InChI is InChI=1S/C13H15ClO/c1-13(2,8-15)12-6-4-9-3-5-10(14)7-11(9)12/h3,5,7-8,12H,4,6H2,1-2H3. The number of benzene rings is 1. The maximum Gasteiger partial charge on any atom is 0.126 e. The van der Waals surface area contributed by atoms with Gasteiger partial charge in [-0.05, 0) is 42.0 Å². The Hall–Kier alpha value is -0.820. The molecule has 0 spiro atoms. The molecule has 1 aliphatic carbocycles. The van der Waals surface area contributed by atoms with E-state index in [1.165, 1.54) is 11.1 Å². The quantitative estimate of drug-likeness (QED) is 0.699. The van der Waals surface area contributed by atoms with Crippen LogP contribution in [0.3, 0.4) is 0 Å². The summed E-state index contributed by atoms with van der Waals surface area (Å²) < 4.78 is 0. The molecule has 0 radical (unpaired) electrons. The van der Waals surface area contributed by atoms with Gasteiger partial charge >= 0.3 is 0 Å². The van der Waals surface area contributed by atoms with Gasteiger partial charge in [0.2, 0.25) is 0 Å². The molecule has 1 aliphatic rings. The Morgan fingerprint density at radius 3 is 2.87 bits per heavy atom. The maximum atomic E-state index is 11.1. The van der Waals surface area contributed by atoms with Gasteiger partial charge < -0.3 is 4.79 Å². The van der Waals surface area contributed by atoms with Crippen molar-refractivity contribution in [2.75, 3.05) is 0 Å². The van der Waals surface area contributed by atoms with Crippen LogP contribution in [0.5, 0.6) is 0 Å². The van der Waals surface area contributed by atoms with Gasteiger partial charge in [-0.15, -0.1) is 0 Å². The van der Waals surface area contributed by atoms with Crippen molar-refractivity contribution in [3.8, 4) is 0 Å². The van der Waals surface area contributed by atoms with Crippen LogP contribution in [-0.2, 0) is 11.2 Å². The third-order valence-electron chi connectivity index (χ3n) is 3.39. The Balaban J connectivity index is 2.43. The van der Waals surface area contributed by atoms with E-state index in [1.807, 2.05) is 26.0 Å². The molecule has 0 saturated carbocycles. The van der Waals surface area contributed by atoms with Gasteiger partial charge in [-0.3, -0.25) is 0 Å². The summed E-state index contributed by atoms with van der Waals surface area (Å²) in [4.78, 5) is 11.1. The van der Waals surface area contributed by atoms with Gasteiger partial charge in [-0.1, -0.05) is 31.5 Å². The van der Waals surface area contributed by atoms with E-state index < -0.39 is 0 Å². The van der Waals surface area contributed by atoms with Gasteiger partial charge in [0, 0.05) is 10.4 Å². The molecule has 15 heavy (non-hydrogen) atoms. The van der Waals surface area contributed by atoms with Crippen molar-refractivity contribution in [2.45, 2.75) is 32.6 Å². The van der Waals surface area contributed by atoms with E-state index >= 15 is 0 Å². The topological polar surface area (TPSA) is 17.1 Å². The van der Waals surface area contributed by atoms with Gasteiger partial charge in [0.15, 0.2) is 0 Å². The predicted molar refractivity (Wildman–Crippen MR) is 62.4 cm³/mol. The number of hydrogen-bond donors (Lipinski definition) is 0. The Labute approximate surface area is 95.4 Å². The molecule has 1 nitrogen and oxygen atoms in total. The molecule has 0 aliphatic heterocycles. The van der Waals surface area contributed by atoms with Gasteiger partial charge in [0.1, 0.15) is 6.29 Å². The Morgan fingerprint density at radius 2 is 2.20 bits per heavy atom. The molecule has 2 rings (SSSR count). The van der Waals surface area contributed by atoms with E-state index in [4.69, 9.17) is 11.6 Å². The Bertz CT molecular complexity index is 396. The molecule has 1 unspecified atom stereocenters. The van der Waals surface area contributed by atoms with Crippen molar-refractivity contribution in [2.24, 2.45) is 5.41 Å². The van der Waals surface area contributed by atoms with Crippen LogP contribution in [0.15, 0.2) is 18.2 Å². The third kappa shape index (κ3) is 1.81. The van der Waals surface area contributed by atoms with Crippen LogP contribution in [0.2, 0.25) is 5.02 Å². The van der Waals surface area contributed by atoms with Gasteiger partial charge in [0.05, 0.1) is 0 Å². The molecule has 1 aromatic rings. The number of aryl methyl sites for hydroxylation is 1. The second kappa shape index (κ2) is 3.64. The van der Waals surface area contributed by atoms with Crippen molar-refractivity contribution in [3.05, 3.63) is 34.3 Å². The molecule has 1 aromatic carbocycles. The second-order valence-electron chi connectivity index (χ2n) is 4.87.